The largest absolute Gasteiger partial charge is 0.491 e. The summed E-state index contributed by atoms with van der Waals surface area (Å²) in [5.74, 6) is 0.360. The number of rotatable bonds is 8. The lowest BCUT2D eigenvalue weighted by Crippen LogP contribution is -2.34. The molecule has 6 nitrogen and oxygen atoms in total. The van der Waals surface area contributed by atoms with Gasteiger partial charge in [-0.05, 0) is 24.3 Å². The molecule has 24 heavy (non-hydrogen) atoms. The van der Waals surface area contributed by atoms with Gasteiger partial charge < -0.3 is 19.6 Å². The molecule has 0 amide bonds. The maximum Gasteiger partial charge on any atom is 0.419 e. The van der Waals surface area contributed by atoms with E-state index in [1.165, 1.54) is 0 Å². The van der Waals surface area contributed by atoms with E-state index in [1.807, 2.05) is 48.5 Å². The van der Waals surface area contributed by atoms with Crippen LogP contribution < -0.4 is 15.8 Å². The first kappa shape index (κ1) is 16.3. The third kappa shape index (κ3) is 4.04. The molecular weight excluding hydrogens is 308 g/mol. The minimum atomic E-state index is -0.622. The van der Waals surface area contributed by atoms with Gasteiger partial charge in [0.15, 0.2) is 5.58 Å². The minimum Gasteiger partial charge on any atom is -0.491 e. The van der Waals surface area contributed by atoms with Crippen molar-refractivity contribution >= 4 is 11.1 Å². The van der Waals surface area contributed by atoms with Gasteiger partial charge in [-0.1, -0.05) is 30.3 Å². The van der Waals surface area contributed by atoms with E-state index >= 15 is 0 Å². The molecule has 6 heteroatoms. The molecule has 2 aromatic carbocycles. The van der Waals surface area contributed by atoms with Gasteiger partial charge in [-0.15, -0.1) is 0 Å². The summed E-state index contributed by atoms with van der Waals surface area (Å²) in [7, 11) is 0. The molecule has 1 aromatic heterocycles. The van der Waals surface area contributed by atoms with Crippen LogP contribution in [0.3, 0.4) is 0 Å². The Morgan fingerprint density at radius 3 is 2.71 bits per heavy atom. The van der Waals surface area contributed by atoms with E-state index < -0.39 is 6.10 Å². The number of ether oxygens (including phenoxy) is 1. The number of hydrogen-bond acceptors (Lipinski definition) is 5. The third-order valence-electron chi connectivity index (χ3n) is 3.65. The number of para-hydroxylation sites is 3. The smallest absolute Gasteiger partial charge is 0.419 e. The van der Waals surface area contributed by atoms with Crippen molar-refractivity contribution in [2.75, 3.05) is 19.7 Å². The Balaban J connectivity index is 1.43. The number of aliphatic hydroxyl groups excluding tert-OH is 1. The highest BCUT2D eigenvalue weighted by Crippen LogP contribution is 2.11. The second-order valence-corrected chi connectivity index (χ2v) is 5.47. The summed E-state index contributed by atoms with van der Waals surface area (Å²) in [6.07, 6.45) is -0.622. The summed E-state index contributed by atoms with van der Waals surface area (Å²) in [6, 6.07) is 16.7. The van der Waals surface area contributed by atoms with Gasteiger partial charge in [0, 0.05) is 19.6 Å². The van der Waals surface area contributed by atoms with E-state index in [-0.39, 0.29) is 12.4 Å². The number of nitrogens with one attached hydrogen (secondary N) is 1. The molecule has 1 atom stereocenters. The van der Waals surface area contributed by atoms with E-state index in [0.29, 0.717) is 25.2 Å². The Morgan fingerprint density at radius 1 is 1.12 bits per heavy atom. The molecular formula is C18H20N2O4. The van der Waals surface area contributed by atoms with E-state index in [2.05, 4.69) is 5.32 Å². The predicted molar refractivity (Wildman–Crippen MR) is 91.3 cm³/mol. The first-order valence-corrected chi connectivity index (χ1v) is 7.89. The highest BCUT2D eigenvalue weighted by Gasteiger charge is 2.09. The van der Waals surface area contributed by atoms with Gasteiger partial charge in [0.2, 0.25) is 0 Å². The molecule has 0 aliphatic heterocycles. The molecule has 3 rings (SSSR count). The Morgan fingerprint density at radius 2 is 1.88 bits per heavy atom. The monoisotopic (exact) mass is 328 g/mol. The molecule has 0 unspecified atom stereocenters. The van der Waals surface area contributed by atoms with E-state index in [1.54, 1.807) is 10.6 Å². The summed E-state index contributed by atoms with van der Waals surface area (Å²) in [6.45, 7) is 1.62. The second kappa shape index (κ2) is 7.81. The zero-order valence-corrected chi connectivity index (χ0v) is 13.2. The number of benzene rings is 2. The van der Waals surface area contributed by atoms with Gasteiger partial charge in [0.25, 0.3) is 0 Å². The van der Waals surface area contributed by atoms with Crippen molar-refractivity contribution in [2.45, 2.75) is 12.6 Å². The van der Waals surface area contributed by atoms with Crippen LogP contribution in [0.1, 0.15) is 0 Å². The maximum absolute atomic E-state index is 11.8. The van der Waals surface area contributed by atoms with Gasteiger partial charge in [-0.3, -0.25) is 4.57 Å². The molecule has 0 saturated carbocycles. The minimum absolute atomic E-state index is 0.214. The van der Waals surface area contributed by atoms with E-state index in [0.717, 1.165) is 11.3 Å². The van der Waals surface area contributed by atoms with Crippen LogP contribution in [0.4, 0.5) is 0 Å². The first-order chi connectivity index (χ1) is 11.7. The van der Waals surface area contributed by atoms with Crippen molar-refractivity contribution in [1.82, 2.24) is 9.88 Å². The molecule has 3 aromatic rings. The maximum atomic E-state index is 11.8. The van der Waals surface area contributed by atoms with Crippen molar-refractivity contribution < 1.29 is 14.3 Å². The summed E-state index contributed by atoms with van der Waals surface area (Å²) in [4.78, 5) is 11.8. The number of aliphatic hydroxyl groups is 1. The Kier molecular flexibility index (Phi) is 5.30. The van der Waals surface area contributed by atoms with Gasteiger partial charge in [-0.25, -0.2) is 4.79 Å². The molecule has 0 aliphatic rings. The molecule has 0 saturated heterocycles. The summed E-state index contributed by atoms with van der Waals surface area (Å²) < 4.78 is 12.2. The molecule has 2 N–H and O–H groups in total. The average molecular weight is 328 g/mol. The third-order valence-corrected chi connectivity index (χ3v) is 3.65. The van der Waals surface area contributed by atoms with E-state index in [4.69, 9.17) is 9.15 Å². The summed E-state index contributed by atoms with van der Waals surface area (Å²) in [5.41, 5.74) is 1.36. The number of fused-ring (bicyclic) bond motifs is 1. The first-order valence-electron chi connectivity index (χ1n) is 7.89. The molecule has 0 bridgehead atoms. The predicted octanol–water partition coefficient (Wildman–Crippen LogP) is 1.62. The number of nitrogens with zero attached hydrogens (tertiary/aromatic N) is 1. The van der Waals surface area contributed by atoms with Crippen molar-refractivity contribution in [3.05, 3.63) is 65.1 Å². The van der Waals surface area contributed by atoms with Crippen LogP contribution in [0.25, 0.3) is 11.1 Å². The lowest BCUT2D eigenvalue weighted by Gasteiger charge is -2.13. The zero-order chi connectivity index (χ0) is 16.8. The van der Waals surface area contributed by atoms with Crippen LogP contribution in [0.5, 0.6) is 5.75 Å². The van der Waals surface area contributed by atoms with Gasteiger partial charge in [0.1, 0.15) is 18.5 Å². The molecule has 0 aliphatic carbocycles. The van der Waals surface area contributed by atoms with Crippen molar-refractivity contribution in [3.8, 4) is 5.75 Å². The molecule has 0 spiro atoms. The van der Waals surface area contributed by atoms with Gasteiger partial charge in [-0.2, -0.15) is 0 Å². The molecule has 126 valence electrons. The van der Waals surface area contributed by atoms with Crippen molar-refractivity contribution in [1.29, 1.82) is 0 Å². The number of hydrogen-bond donors (Lipinski definition) is 2. The van der Waals surface area contributed by atoms with Crippen LogP contribution in [0.2, 0.25) is 0 Å². The fraction of sp³-hybridized carbons (Fsp3) is 0.278. The van der Waals surface area contributed by atoms with Crippen LogP contribution >= 0.6 is 0 Å². The zero-order valence-electron chi connectivity index (χ0n) is 13.2. The number of aromatic nitrogens is 1. The molecule has 0 radical (unpaired) electrons. The van der Waals surface area contributed by atoms with Gasteiger partial charge in [0.05, 0.1) is 5.52 Å². The Labute approximate surface area is 139 Å². The SMILES string of the molecule is O=c1oc2ccccc2n1CCNC[C@H](O)COc1ccccc1. The second-order valence-electron chi connectivity index (χ2n) is 5.47. The lowest BCUT2D eigenvalue weighted by molar-refractivity contribution is 0.106. The quantitative estimate of drug-likeness (QED) is 0.615. The Bertz CT molecular complexity index is 826. The van der Waals surface area contributed by atoms with E-state index in [9.17, 15) is 9.90 Å². The topological polar surface area (TPSA) is 76.6 Å². The van der Waals surface area contributed by atoms with Crippen molar-refractivity contribution in [3.63, 3.8) is 0 Å². The number of oxazole rings is 1. The fourth-order valence-electron chi connectivity index (χ4n) is 2.45. The molecule has 0 fully saturated rings. The van der Waals surface area contributed by atoms with Crippen molar-refractivity contribution in [2.24, 2.45) is 0 Å². The fourth-order valence-corrected chi connectivity index (χ4v) is 2.45. The molecule has 1 heterocycles. The van der Waals surface area contributed by atoms with Crippen LogP contribution in [-0.4, -0.2) is 35.5 Å². The lowest BCUT2D eigenvalue weighted by atomic mass is 10.3. The Hall–Kier alpha value is -2.57. The van der Waals surface area contributed by atoms with Crippen LogP contribution in [-0.2, 0) is 6.54 Å². The summed E-state index contributed by atoms with van der Waals surface area (Å²) >= 11 is 0. The summed E-state index contributed by atoms with van der Waals surface area (Å²) in [5, 5.41) is 13.0. The highest BCUT2D eigenvalue weighted by molar-refractivity contribution is 5.72. The standard InChI is InChI=1S/C18H20N2O4/c21-14(13-23-15-6-2-1-3-7-15)12-19-10-11-20-16-8-4-5-9-17(16)24-18(20)22/h1-9,14,19,21H,10-13H2/t14-/m0/s1. The average Bonchev–Trinajstić information content (AvgIpc) is 2.93. The van der Waals surface area contributed by atoms with Crippen LogP contribution in [0.15, 0.2) is 63.8 Å². The van der Waals surface area contributed by atoms with Gasteiger partial charge >= 0.3 is 5.76 Å². The normalized spacial score (nSPS) is 12.4. The van der Waals surface area contributed by atoms with Crippen LogP contribution in [0, 0.1) is 0 Å². The highest BCUT2D eigenvalue weighted by atomic mass is 16.5.